The number of nitrogens with one attached hydrogen (secondary N) is 1. The summed E-state index contributed by atoms with van der Waals surface area (Å²) in [7, 11) is 2.01. The summed E-state index contributed by atoms with van der Waals surface area (Å²) in [6, 6.07) is 11.2. The first-order chi connectivity index (χ1) is 14.7. The molecule has 2 amide bonds. The van der Waals surface area contributed by atoms with Crippen LogP contribution in [0.2, 0.25) is 0 Å². The van der Waals surface area contributed by atoms with Crippen LogP contribution in [0.3, 0.4) is 0 Å². The van der Waals surface area contributed by atoms with E-state index in [1.807, 2.05) is 26.0 Å². The molecule has 1 aliphatic heterocycles. The number of hydrogen-bond acceptors (Lipinski definition) is 3. The monoisotopic (exact) mass is 430 g/mol. The number of rotatable bonds is 3. The molecule has 1 heterocycles. The van der Waals surface area contributed by atoms with Gasteiger partial charge in [0.25, 0.3) is 0 Å². The molecule has 9 heteroatoms. The fraction of sp³-hybridized carbons (Fsp3) is 0.364. The van der Waals surface area contributed by atoms with Gasteiger partial charge in [0, 0.05) is 42.6 Å². The van der Waals surface area contributed by atoms with E-state index in [0.717, 1.165) is 16.6 Å². The third-order valence-electron chi connectivity index (χ3n) is 6.24. The molecule has 0 saturated carbocycles. The normalized spacial score (nSPS) is 17.5. The van der Waals surface area contributed by atoms with Crippen molar-refractivity contribution < 1.29 is 27.5 Å². The van der Waals surface area contributed by atoms with Crippen LogP contribution in [0.15, 0.2) is 42.5 Å². The van der Waals surface area contributed by atoms with Gasteiger partial charge in [-0.1, -0.05) is 41.9 Å². The predicted octanol–water partition coefficient (Wildman–Crippen LogP) is 2.67. The summed E-state index contributed by atoms with van der Waals surface area (Å²) in [4.78, 5) is 26.8. The first-order valence-corrected chi connectivity index (χ1v) is 10.2. The molecule has 1 spiro atoms. The number of alkyl halides is 3. The van der Waals surface area contributed by atoms with Gasteiger partial charge in [-0.2, -0.15) is 0 Å². The number of benzene rings is 2. The molecule has 2 aliphatic rings. The van der Waals surface area contributed by atoms with E-state index in [2.05, 4.69) is 10.1 Å². The summed E-state index contributed by atoms with van der Waals surface area (Å²) in [5.74, 6) is -0.178. The van der Waals surface area contributed by atoms with E-state index in [9.17, 15) is 22.8 Å². The number of ketones is 1. The molecule has 1 N–H and O–H groups in total. The van der Waals surface area contributed by atoms with Crippen molar-refractivity contribution in [3.63, 3.8) is 0 Å². The molecular weight excluding hydrogens is 408 g/mol. The maximum atomic E-state index is 12.6. The Balaban J connectivity index is 1.39. The van der Waals surface area contributed by atoms with Crippen molar-refractivity contribution in [2.45, 2.75) is 37.6 Å². The summed E-state index contributed by atoms with van der Waals surface area (Å²) in [6.07, 6.45) is -2.98. The molecule has 2 aromatic rings. The fourth-order valence-electron chi connectivity index (χ4n) is 4.82. The van der Waals surface area contributed by atoms with Crippen LogP contribution >= 0.6 is 0 Å². The van der Waals surface area contributed by atoms with Crippen molar-refractivity contribution in [1.29, 1.82) is 0 Å². The van der Waals surface area contributed by atoms with E-state index >= 15 is 0 Å². The number of likely N-dealkylation sites (tertiary alicyclic amines) is 1. The molecule has 0 radical (unpaired) electrons. The average molecular weight is 430 g/mol. The molecule has 162 valence electrons. The van der Waals surface area contributed by atoms with Crippen LogP contribution in [0, 0.1) is 0 Å². The molecule has 1 saturated heterocycles. The van der Waals surface area contributed by atoms with Gasteiger partial charge < -0.3 is 15.0 Å². The Kier molecular flexibility index (Phi) is 5.45. The summed E-state index contributed by atoms with van der Waals surface area (Å²) < 4.78 is 41.8. The minimum absolute atomic E-state index is 0.0762. The minimum Gasteiger partial charge on any atom is -0.405 e. The van der Waals surface area contributed by atoms with E-state index in [0.29, 0.717) is 32.4 Å². The number of hydrogen-bond donors (Lipinski definition) is 1. The van der Waals surface area contributed by atoms with Gasteiger partial charge in [0.05, 0.1) is 0 Å². The number of carbonyl (C=O) groups is 2. The second kappa shape index (κ2) is 7.94. The Bertz CT molecular complexity index is 1020. The van der Waals surface area contributed by atoms with Crippen molar-refractivity contribution in [2.75, 3.05) is 13.1 Å². The number of urea groups is 1. The zero-order valence-corrected chi connectivity index (χ0v) is 17.1. The number of ether oxygens (including phenoxy) is 1. The molecular formula is C22H22BF3N2O3. The molecule has 0 unspecified atom stereocenters. The van der Waals surface area contributed by atoms with Gasteiger partial charge >= 0.3 is 12.4 Å². The zero-order valence-electron chi connectivity index (χ0n) is 17.1. The van der Waals surface area contributed by atoms with Crippen LogP contribution in [0.5, 0.6) is 5.75 Å². The maximum Gasteiger partial charge on any atom is 0.573 e. The Hall–Kier alpha value is -2.97. The number of nitrogens with zero attached hydrogens (tertiary/aromatic N) is 1. The van der Waals surface area contributed by atoms with Crippen molar-refractivity contribution in [3.05, 3.63) is 59.2 Å². The molecule has 1 aliphatic carbocycles. The molecule has 0 bridgehead atoms. The standard InChI is InChI=1S/C22H22BF3N2O3/c23-16-6-3-5-15-17(29)12-21(19(15)16)8-10-28(11-9-21)20(30)27-13-14-4-1-2-7-18(14)31-22(24,25)26/h1-7H,8-13,23H2,(H,27,30). The predicted molar refractivity (Wildman–Crippen MR) is 111 cm³/mol. The van der Waals surface area contributed by atoms with Crippen molar-refractivity contribution in [1.82, 2.24) is 10.2 Å². The van der Waals surface area contributed by atoms with Crippen LogP contribution in [0.25, 0.3) is 0 Å². The van der Waals surface area contributed by atoms with Crippen LogP contribution in [-0.4, -0.2) is 44.0 Å². The lowest BCUT2D eigenvalue weighted by Gasteiger charge is -2.40. The van der Waals surface area contributed by atoms with Gasteiger partial charge in [0.15, 0.2) is 5.78 Å². The third-order valence-corrected chi connectivity index (χ3v) is 6.24. The lowest BCUT2D eigenvalue weighted by atomic mass is 9.69. The lowest BCUT2D eigenvalue weighted by Crippen LogP contribution is -2.49. The van der Waals surface area contributed by atoms with Crippen molar-refractivity contribution >= 4 is 25.1 Å². The van der Waals surface area contributed by atoms with E-state index in [-0.39, 0.29) is 35.1 Å². The SMILES string of the molecule is Bc1cccc2c1C1(CCN(C(=O)NCc3ccccc3OC(F)(F)F)CC1)CC2=O. The van der Waals surface area contributed by atoms with E-state index < -0.39 is 6.36 Å². The molecule has 0 aromatic heterocycles. The van der Waals surface area contributed by atoms with Crippen molar-refractivity contribution in [3.8, 4) is 5.75 Å². The number of Topliss-reactive ketones (excluding diaryl/α,β-unsaturated/α-hetero) is 1. The summed E-state index contributed by atoms with van der Waals surface area (Å²) in [6.45, 7) is 0.883. The van der Waals surface area contributed by atoms with Crippen LogP contribution < -0.4 is 15.5 Å². The highest BCUT2D eigenvalue weighted by atomic mass is 19.4. The number of carbonyl (C=O) groups excluding carboxylic acids is 2. The Morgan fingerprint density at radius 1 is 1.13 bits per heavy atom. The Morgan fingerprint density at radius 3 is 2.55 bits per heavy atom. The van der Waals surface area contributed by atoms with Crippen LogP contribution in [0.4, 0.5) is 18.0 Å². The highest BCUT2D eigenvalue weighted by Gasteiger charge is 2.46. The molecule has 1 fully saturated rings. The average Bonchev–Trinajstić information content (AvgIpc) is 2.99. The van der Waals surface area contributed by atoms with Gasteiger partial charge in [0.1, 0.15) is 13.6 Å². The molecule has 2 aromatic carbocycles. The Labute approximate surface area is 179 Å². The number of halogens is 3. The van der Waals surface area contributed by atoms with Gasteiger partial charge in [0.2, 0.25) is 0 Å². The topological polar surface area (TPSA) is 58.6 Å². The van der Waals surface area contributed by atoms with E-state index in [4.69, 9.17) is 0 Å². The van der Waals surface area contributed by atoms with E-state index in [1.54, 1.807) is 11.0 Å². The molecule has 4 rings (SSSR count). The lowest BCUT2D eigenvalue weighted by molar-refractivity contribution is -0.274. The zero-order chi connectivity index (χ0) is 22.2. The summed E-state index contributed by atoms with van der Waals surface area (Å²) >= 11 is 0. The molecule has 5 nitrogen and oxygen atoms in total. The smallest absolute Gasteiger partial charge is 0.405 e. The summed E-state index contributed by atoms with van der Waals surface area (Å²) in [5, 5.41) is 2.69. The maximum absolute atomic E-state index is 12.6. The first kappa shape index (κ1) is 21.3. The van der Waals surface area contributed by atoms with Gasteiger partial charge in [-0.25, -0.2) is 4.79 Å². The quantitative estimate of drug-likeness (QED) is 0.763. The highest BCUT2D eigenvalue weighted by molar-refractivity contribution is 6.34. The van der Waals surface area contributed by atoms with E-state index in [1.165, 1.54) is 18.2 Å². The second-order valence-electron chi connectivity index (χ2n) is 8.18. The largest absolute Gasteiger partial charge is 0.573 e. The van der Waals surface area contributed by atoms with Gasteiger partial charge in [-0.3, -0.25) is 4.79 Å². The summed E-state index contributed by atoms with van der Waals surface area (Å²) in [5.41, 5.74) is 3.01. The number of amides is 2. The minimum atomic E-state index is -4.80. The first-order valence-electron chi connectivity index (χ1n) is 10.2. The fourth-order valence-corrected chi connectivity index (χ4v) is 4.82. The second-order valence-corrected chi connectivity index (χ2v) is 8.18. The van der Waals surface area contributed by atoms with Crippen LogP contribution in [-0.2, 0) is 12.0 Å². The molecule has 31 heavy (non-hydrogen) atoms. The van der Waals surface area contributed by atoms with Crippen LogP contribution in [0.1, 0.15) is 40.7 Å². The number of fused-ring (bicyclic) bond motifs is 2. The Morgan fingerprint density at radius 2 is 1.84 bits per heavy atom. The third kappa shape index (κ3) is 4.26. The van der Waals surface area contributed by atoms with Gasteiger partial charge in [-0.15, -0.1) is 13.2 Å². The highest BCUT2D eigenvalue weighted by Crippen LogP contribution is 2.45. The van der Waals surface area contributed by atoms with Crippen molar-refractivity contribution in [2.24, 2.45) is 0 Å². The molecule has 0 atom stereocenters. The van der Waals surface area contributed by atoms with Gasteiger partial charge in [-0.05, 0) is 24.5 Å². The number of para-hydroxylation sites is 1. The number of piperidine rings is 1.